The second-order valence-corrected chi connectivity index (χ2v) is 6.45. The second-order valence-electron chi connectivity index (χ2n) is 6.45. The van der Waals surface area contributed by atoms with Crippen molar-refractivity contribution < 1.29 is 14.6 Å². The van der Waals surface area contributed by atoms with Crippen LogP contribution >= 0.6 is 0 Å². The first-order chi connectivity index (χ1) is 12.1. The van der Waals surface area contributed by atoms with E-state index in [2.05, 4.69) is 31.2 Å². The smallest absolute Gasteiger partial charge is 0.328 e. The number of carbonyl (C=O) groups is 1. The molecule has 0 atom stereocenters. The second kappa shape index (κ2) is 9.87. The molecule has 0 aliphatic carbocycles. The maximum Gasteiger partial charge on any atom is 0.328 e. The van der Waals surface area contributed by atoms with Crippen molar-refractivity contribution in [1.82, 2.24) is 0 Å². The molecule has 0 spiro atoms. The maximum absolute atomic E-state index is 10.8. The van der Waals surface area contributed by atoms with Crippen LogP contribution in [0.3, 0.4) is 0 Å². The van der Waals surface area contributed by atoms with Crippen molar-refractivity contribution in [2.75, 3.05) is 6.61 Å². The predicted octanol–water partition coefficient (Wildman–Crippen LogP) is 5.56. The summed E-state index contributed by atoms with van der Waals surface area (Å²) >= 11 is 0. The molecule has 0 fully saturated rings. The number of aliphatic carboxylic acids is 1. The van der Waals surface area contributed by atoms with Crippen molar-refractivity contribution in [1.29, 1.82) is 0 Å². The summed E-state index contributed by atoms with van der Waals surface area (Å²) in [6.45, 7) is 4.69. The van der Waals surface area contributed by atoms with Crippen LogP contribution in [-0.2, 0) is 11.2 Å². The van der Waals surface area contributed by atoms with Gasteiger partial charge in [-0.05, 0) is 61.4 Å². The highest BCUT2D eigenvalue weighted by atomic mass is 16.5. The molecule has 0 saturated heterocycles. The van der Waals surface area contributed by atoms with Crippen molar-refractivity contribution in [3.8, 4) is 5.75 Å². The third kappa shape index (κ3) is 6.26. The normalized spacial score (nSPS) is 18.6. The summed E-state index contributed by atoms with van der Waals surface area (Å²) in [5.74, 6) is -0.00885. The first-order valence-corrected chi connectivity index (χ1v) is 9.15. The third-order valence-electron chi connectivity index (χ3n) is 4.36. The Morgan fingerprint density at radius 3 is 2.80 bits per heavy atom. The Balaban J connectivity index is 2.41. The minimum atomic E-state index is -0.921. The van der Waals surface area contributed by atoms with Crippen LogP contribution in [0.1, 0.15) is 57.1 Å². The van der Waals surface area contributed by atoms with Crippen molar-refractivity contribution >= 4 is 11.5 Å². The molecule has 0 amide bonds. The van der Waals surface area contributed by atoms with Crippen molar-refractivity contribution in [3.05, 3.63) is 59.2 Å². The lowest BCUT2D eigenvalue weighted by molar-refractivity contribution is -0.131. The van der Waals surface area contributed by atoms with E-state index in [0.717, 1.165) is 48.3 Å². The molecule has 1 heterocycles. The third-order valence-corrected chi connectivity index (χ3v) is 4.36. The lowest BCUT2D eigenvalue weighted by Gasteiger charge is -2.14. The van der Waals surface area contributed by atoms with Crippen LogP contribution in [0.5, 0.6) is 5.75 Å². The van der Waals surface area contributed by atoms with E-state index in [1.54, 1.807) is 6.92 Å². The monoisotopic (exact) mass is 340 g/mol. The molecule has 0 saturated carbocycles. The summed E-state index contributed by atoms with van der Waals surface area (Å²) in [5, 5.41) is 8.88. The SMILES string of the molecule is CCc1ccc2c(c1)C(/C=C/C(C)=C/C(=O)O)=C\CCCCCCO2. The van der Waals surface area contributed by atoms with Crippen molar-refractivity contribution in [3.63, 3.8) is 0 Å². The van der Waals surface area contributed by atoms with Gasteiger partial charge >= 0.3 is 5.97 Å². The first-order valence-electron chi connectivity index (χ1n) is 9.15. The molecule has 3 heteroatoms. The average Bonchev–Trinajstić information content (AvgIpc) is 2.63. The van der Waals surface area contributed by atoms with Gasteiger partial charge in [-0.15, -0.1) is 0 Å². The number of allylic oxidation sites excluding steroid dienone is 5. The number of hydrogen-bond acceptors (Lipinski definition) is 2. The molecule has 1 aromatic rings. The molecular formula is C22H28O3. The van der Waals surface area contributed by atoms with E-state index in [0.29, 0.717) is 0 Å². The Morgan fingerprint density at radius 2 is 2.04 bits per heavy atom. The van der Waals surface area contributed by atoms with Gasteiger partial charge in [0.25, 0.3) is 0 Å². The average molecular weight is 340 g/mol. The fourth-order valence-corrected chi connectivity index (χ4v) is 2.92. The van der Waals surface area contributed by atoms with Crippen LogP contribution < -0.4 is 4.74 Å². The van der Waals surface area contributed by atoms with Gasteiger partial charge in [-0.3, -0.25) is 0 Å². The zero-order chi connectivity index (χ0) is 18.1. The minimum Gasteiger partial charge on any atom is -0.493 e. The van der Waals surface area contributed by atoms with Gasteiger partial charge in [-0.2, -0.15) is 0 Å². The molecule has 0 bridgehead atoms. The number of rotatable bonds is 4. The Kier molecular flexibility index (Phi) is 7.52. The summed E-state index contributed by atoms with van der Waals surface area (Å²) in [4.78, 5) is 10.8. The van der Waals surface area contributed by atoms with E-state index < -0.39 is 5.97 Å². The van der Waals surface area contributed by atoms with Gasteiger partial charge in [0.2, 0.25) is 0 Å². The highest BCUT2D eigenvalue weighted by Crippen LogP contribution is 2.30. The number of ether oxygens (including phenoxy) is 1. The Labute approximate surface area is 150 Å². The lowest BCUT2D eigenvalue weighted by Crippen LogP contribution is -2.00. The highest BCUT2D eigenvalue weighted by Gasteiger charge is 2.10. The molecule has 0 aromatic heterocycles. The number of fused-ring (bicyclic) bond motifs is 1. The zero-order valence-corrected chi connectivity index (χ0v) is 15.3. The molecule has 1 aliphatic heterocycles. The van der Waals surface area contributed by atoms with Gasteiger partial charge in [0, 0.05) is 11.6 Å². The van der Waals surface area contributed by atoms with E-state index in [1.165, 1.54) is 30.9 Å². The fourth-order valence-electron chi connectivity index (χ4n) is 2.92. The number of aryl methyl sites for hydroxylation is 1. The summed E-state index contributed by atoms with van der Waals surface area (Å²) in [6.07, 6.45) is 14.0. The van der Waals surface area contributed by atoms with Gasteiger partial charge in [0.1, 0.15) is 5.75 Å². The largest absolute Gasteiger partial charge is 0.493 e. The molecule has 1 N–H and O–H groups in total. The quantitative estimate of drug-likeness (QED) is 0.576. The molecule has 2 rings (SSSR count). The maximum atomic E-state index is 10.8. The van der Waals surface area contributed by atoms with Crippen LogP contribution in [0.25, 0.3) is 5.57 Å². The fraction of sp³-hybridized carbons (Fsp3) is 0.409. The van der Waals surface area contributed by atoms with Gasteiger partial charge in [0.05, 0.1) is 6.61 Å². The predicted molar refractivity (Wildman–Crippen MR) is 103 cm³/mol. The molecule has 0 radical (unpaired) electrons. The van der Waals surface area contributed by atoms with Crippen LogP contribution in [0.15, 0.2) is 48.1 Å². The zero-order valence-electron chi connectivity index (χ0n) is 15.3. The van der Waals surface area contributed by atoms with E-state index in [4.69, 9.17) is 9.84 Å². The van der Waals surface area contributed by atoms with Crippen molar-refractivity contribution in [2.24, 2.45) is 0 Å². The number of hydrogen-bond donors (Lipinski definition) is 1. The standard InChI is InChI=1S/C22H28O3/c1-3-18-11-13-21-20(16-18)19(12-10-17(2)15-22(23)24)9-7-5-4-6-8-14-25-21/h9-13,15-16H,3-8,14H2,1-2H3,(H,23,24)/b12-10+,17-15+,19-9-. The first kappa shape index (κ1) is 19.0. The van der Waals surface area contributed by atoms with Gasteiger partial charge < -0.3 is 9.84 Å². The van der Waals surface area contributed by atoms with E-state index in [1.807, 2.05) is 12.2 Å². The van der Waals surface area contributed by atoms with Gasteiger partial charge in [-0.1, -0.05) is 44.1 Å². The highest BCUT2D eigenvalue weighted by molar-refractivity contribution is 5.82. The molecule has 1 aromatic carbocycles. The van der Waals surface area contributed by atoms with Crippen molar-refractivity contribution in [2.45, 2.75) is 52.4 Å². The summed E-state index contributed by atoms with van der Waals surface area (Å²) < 4.78 is 6.04. The van der Waals surface area contributed by atoms with Crippen LogP contribution in [0.4, 0.5) is 0 Å². The molecular weight excluding hydrogens is 312 g/mol. The van der Waals surface area contributed by atoms with Crippen LogP contribution in [0.2, 0.25) is 0 Å². The molecule has 1 aliphatic rings. The number of benzene rings is 1. The molecule has 3 nitrogen and oxygen atoms in total. The number of carboxylic acid groups (broad SMARTS) is 1. The molecule has 0 unspecified atom stereocenters. The van der Waals surface area contributed by atoms with Crippen LogP contribution in [-0.4, -0.2) is 17.7 Å². The summed E-state index contributed by atoms with van der Waals surface area (Å²) in [5.41, 5.74) is 4.19. The van der Waals surface area contributed by atoms with Gasteiger partial charge in [-0.25, -0.2) is 4.79 Å². The Hall–Kier alpha value is -2.29. The Morgan fingerprint density at radius 1 is 1.24 bits per heavy atom. The number of carboxylic acids is 1. The molecule has 25 heavy (non-hydrogen) atoms. The van der Waals surface area contributed by atoms with Gasteiger partial charge in [0.15, 0.2) is 0 Å². The van der Waals surface area contributed by atoms with E-state index in [9.17, 15) is 4.79 Å². The topological polar surface area (TPSA) is 46.5 Å². The van der Waals surface area contributed by atoms with Crippen LogP contribution in [0, 0.1) is 0 Å². The van der Waals surface area contributed by atoms with E-state index >= 15 is 0 Å². The lowest BCUT2D eigenvalue weighted by atomic mass is 9.98. The Bertz CT molecular complexity index is 681. The summed E-state index contributed by atoms with van der Waals surface area (Å²) in [7, 11) is 0. The minimum absolute atomic E-state index is 0.719. The molecule has 134 valence electrons. The summed E-state index contributed by atoms with van der Waals surface area (Å²) in [6, 6.07) is 6.38. The van der Waals surface area contributed by atoms with E-state index in [-0.39, 0.29) is 0 Å².